The van der Waals surface area contributed by atoms with Gasteiger partial charge in [-0.15, -0.1) is 0 Å². The molecule has 0 bridgehead atoms. The van der Waals surface area contributed by atoms with Crippen LogP contribution in [0.5, 0.6) is 0 Å². The summed E-state index contributed by atoms with van der Waals surface area (Å²) in [4.78, 5) is 24.3. The van der Waals surface area contributed by atoms with E-state index >= 15 is 0 Å². The summed E-state index contributed by atoms with van der Waals surface area (Å²) in [5.74, 6) is -0.129. The van der Waals surface area contributed by atoms with Gasteiger partial charge in [-0.05, 0) is 47.5 Å². The predicted molar refractivity (Wildman–Crippen MR) is 83.0 cm³/mol. The molecule has 1 rings (SSSR count). The minimum atomic E-state index is -0.523. The van der Waals surface area contributed by atoms with Crippen molar-refractivity contribution >= 4 is 12.0 Å². The van der Waals surface area contributed by atoms with Crippen LogP contribution in [0.4, 0.5) is 4.79 Å². The van der Waals surface area contributed by atoms with Gasteiger partial charge in [0.1, 0.15) is 5.60 Å². The molecule has 0 spiro atoms. The lowest BCUT2D eigenvalue weighted by molar-refractivity contribution is -0.126. The largest absolute Gasteiger partial charge is 0.444 e. The van der Waals surface area contributed by atoms with Gasteiger partial charge >= 0.3 is 6.09 Å². The minimum Gasteiger partial charge on any atom is -0.444 e. The first-order chi connectivity index (χ1) is 9.69. The highest BCUT2D eigenvalue weighted by Gasteiger charge is 2.32. The number of ether oxygens (including phenoxy) is 1. The van der Waals surface area contributed by atoms with Crippen LogP contribution >= 0.6 is 0 Å². The molecule has 5 heteroatoms. The molecule has 0 aromatic rings. The Morgan fingerprint density at radius 1 is 1.10 bits per heavy atom. The van der Waals surface area contributed by atoms with Crippen LogP contribution in [0.2, 0.25) is 0 Å². The van der Waals surface area contributed by atoms with E-state index in [1.54, 1.807) is 0 Å². The highest BCUT2D eigenvalue weighted by Crippen LogP contribution is 2.24. The lowest BCUT2D eigenvalue weighted by Gasteiger charge is -2.28. The SMILES string of the molecule is CC(C)NC(=O)[C@H]1CCCCC[C@@H]1NC(=O)OC(C)(C)C. The number of alkyl carbamates (subject to hydrolysis) is 1. The van der Waals surface area contributed by atoms with E-state index in [-0.39, 0.29) is 23.9 Å². The molecule has 0 aromatic heterocycles. The topological polar surface area (TPSA) is 67.4 Å². The Morgan fingerprint density at radius 2 is 1.71 bits per heavy atom. The second kappa shape index (κ2) is 7.66. The zero-order chi connectivity index (χ0) is 16.0. The maximum Gasteiger partial charge on any atom is 0.407 e. The third-order valence-electron chi connectivity index (χ3n) is 3.49. The Hall–Kier alpha value is -1.26. The summed E-state index contributed by atoms with van der Waals surface area (Å²) in [6.45, 7) is 9.41. The van der Waals surface area contributed by atoms with Crippen molar-refractivity contribution in [3.63, 3.8) is 0 Å². The van der Waals surface area contributed by atoms with E-state index < -0.39 is 11.7 Å². The second-order valence-corrected chi connectivity index (χ2v) is 7.16. The Kier molecular flexibility index (Phi) is 6.49. The van der Waals surface area contributed by atoms with E-state index in [1.807, 2.05) is 34.6 Å². The number of amides is 2. The lowest BCUT2D eigenvalue weighted by Crippen LogP contribution is -2.48. The fourth-order valence-electron chi connectivity index (χ4n) is 2.64. The van der Waals surface area contributed by atoms with Gasteiger partial charge < -0.3 is 15.4 Å². The van der Waals surface area contributed by atoms with E-state index in [0.29, 0.717) is 0 Å². The van der Waals surface area contributed by atoms with Crippen LogP contribution < -0.4 is 10.6 Å². The second-order valence-electron chi connectivity index (χ2n) is 7.16. The summed E-state index contributed by atoms with van der Waals surface area (Å²) in [5, 5.41) is 5.86. The van der Waals surface area contributed by atoms with Crippen LogP contribution in [0.3, 0.4) is 0 Å². The number of rotatable bonds is 3. The van der Waals surface area contributed by atoms with Crippen molar-refractivity contribution in [2.75, 3.05) is 0 Å². The molecular formula is C16H30N2O3. The van der Waals surface area contributed by atoms with Crippen molar-refractivity contribution in [2.45, 2.75) is 84.4 Å². The van der Waals surface area contributed by atoms with Crippen LogP contribution in [0, 0.1) is 5.92 Å². The van der Waals surface area contributed by atoms with Crippen molar-refractivity contribution < 1.29 is 14.3 Å². The van der Waals surface area contributed by atoms with Crippen molar-refractivity contribution in [1.82, 2.24) is 10.6 Å². The van der Waals surface area contributed by atoms with Crippen LogP contribution in [-0.2, 0) is 9.53 Å². The average molecular weight is 298 g/mol. The summed E-state index contributed by atoms with van der Waals surface area (Å²) in [6.07, 6.45) is 4.39. The molecule has 0 aromatic carbocycles. The number of hydrogen-bond acceptors (Lipinski definition) is 3. The summed E-state index contributed by atoms with van der Waals surface area (Å²) >= 11 is 0. The standard InChI is InChI=1S/C16H30N2O3/c1-11(2)17-14(19)12-9-7-6-8-10-13(12)18-15(20)21-16(3,4)5/h11-13H,6-10H2,1-5H3,(H,17,19)(H,18,20)/t12-,13-/m0/s1. The predicted octanol–water partition coefficient (Wildman–Crippen LogP) is 2.98. The number of carbonyl (C=O) groups excluding carboxylic acids is 2. The highest BCUT2D eigenvalue weighted by atomic mass is 16.6. The zero-order valence-corrected chi connectivity index (χ0v) is 14.0. The number of nitrogens with one attached hydrogen (secondary N) is 2. The highest BCUT2D eigenvalue weighted by molar-refractivity contribution is 5.80. The number of hydrogen-bond donors (Lipinski definition) is 2. The van der Waals surface area contributed by atoms with Crippen molar-refractivity contribution in [3.8, 4) is 0 Å². The van der Waals surface area contributed by atoms with Crippen LogP contribution in [0.15, 0.2) is 0 Å². The maximum atomic E-state index is 12.3. The average Bonchev–Trinajstić information content (AvgIpc) is 2.50. The van der Waals surface area contributed by atoms with Crippen LogP contribution in [0.25, 0.3) is 0 Å². The molecule has 0 unspecified atom stereocenters. The summed E-state index contributed by atoms with van der Waals surface area (Å²) in [6, 6.07) is -0.0240. The molecule has 1 aliphatic carbocycles. The smallest absolute Gasteiger partial charge is 0.407 e. The Balaban J connectivity index is 2.69. The first kappa shape index (κ1) is 17.8. The maximum absolute atomic E-state index is 12.3. The zero-order valence-electron chi connectivity index (χ0n) is 14.0. The Labute approximate surface area is 128 Å². The first-order valence-corrected chi connectivity index (χ1v) is 7.99. The Bertz CT molecular complexity index is 361. The molecule has 2 atom stereocenters. The molecule has 122 valence electrons. The van der Waals surface area contributed by atoms with Gasteiger partial charge in [-0.2, -0.15) is 0 Å². The molecule has 0 heterocycles. The van der Waals surface area contributed by atoms with Gasteiger partial charge in [0.15, 0.2) is 0 Å². The van der Waals surface area contributed by atoms with Gasteiger partial charge in [0, 0.05) is 12.1 Å². The molecule has 21 heavy (non-hydrogen) atoms. The van der Waals surface area contributed by atoms with E-state index in [1.165, 1.54) is 0 Å². The summed E-state index contributed by atoms with van der Waals surface area (Å²) < 4.78 is 5.31. The van der Waals surface area contributed by atoms with Crippen LogP contribution in [-0.4, -0.2) is 29.7 Å². The molecule has 1 saturated carbocycles. The summed E-state index contributed by atoms with van der Waals surface area (Å²) in [5.41, 5.74) is -0.523. The molecule has 1 aliphatic rings. The fraction of sp³-hybridized carbons (Fsp3) is 0.875. The monoisotopic (exact) mass is 298 g/mol. The fourth-order valence-corrected chi connectivity index (χ4v) is 2.64. The quantitative estimate of drug-likeness (QED) is 0.787. The van der Waals surface area contributed by atoms with Gasteiger partial charge in [0.05, 0.1) is 5.92 Å². The molecule has 1 fully saturated rings. The third-order valence-corrected chi connectivity index (χ3v) is 3.49. The first-order valence-electron chi connectivity index (χ1n) is 7.99. The van der Waals surface area contributed by atoms with Crippen molar-refractivity contribution in [3.05, 3.63) is 0 Å². The van der Waals surface area contributed by atoms with E-state index in [9.17, 15) is 9.59 Å². The molecule has 2 amide bonds. The van der Waals surface area contributed by atoms with E-state index in [4.69, 9.17) is 4.74 Å². The Morgan fingerprint density at radius 3 is 2.29 bits per heavy atom. The van der Waals surface area contributed by atoms with Crippen LogP contribution in [0.1, 0.15) is 66.7 Å². The van der Waals surface area contributed by atoms with E-state index in [0.717, 1.165) is 32.1 Å². The molecule has 5 nitrogen and oxygen atoms in total. The van der Waals surface area contributed by atoms with Gasteiger partial charge in [0.2, 0.25) is 5.91 Å². The molecule has 0 aliphatic heterocycles. The van der Waals surface area contributed by atoms with Crippen molar-refractivity contribution in [1.29, 1.82) is 0 Å². The normalized spacial score (nSPS) is 23.3. The third kappa shape index (κ3) is 6.82. The molecule has 0 radical (unpaired) electrons. The lowest BCUT2D eigenvalue weighted by atomic mass is 9.93. The van der Waals surface area contributed by atoms with Gasteiger partial charge in [0.25, 0.3) is 0 Å². The summed E-state index contributed by atoms with van der Waals surface area (Å²) in [7, 11) is 0. The van der Waals surface area contributed by atoms with Crippen molar-refractivity contribution in [2.24, 2.45) is 5.92 Å². The molecule has 0 saturated heterocycles. The van der Waals surface area contributed by atoms with Gasteiger partial charge in [-0.25, -0.2) is 4.79 Å². The molecular weight excluding hydrogens is 268 g/mol. The number of carbonyl (C=O) groups is 2. The van der Waals surface area contributed by atoms with Gasteiger partial charge in [-0.1, -0.05) is 19.3 Å². The van der Waals surface area contributed by atoms with Gasteiger partial charge in [-0.3, -0.25) is 4.79 Å². The van der Waals surface area contributed by atoms with E-state index in [2.05, 4.69) is 10.6 Å². The minimum absolute atomic E-state index is 0.0351. The molecule has 2 N–H and O–H groups in total.